The van der Waals surface area contributed by atoms with Gasteiger partial charge in [0.1, 0.15) is 11.6 Å². The molecule has 0 aliphatic heterocycles. The Morgan fingerprint density at radius 2 is 1.81 bits per heavy atom. The van der Waals surface area contributed by atoms with Gasteiger partial charge in [0.25, 0.3) is 0 Å². The number of hydrogen-bond acceptors (Lipinski definition) is 4. The average molecular weight is 373 g/mol. The highest BCUT2D eigenvalue weighted by Crippen LogP contribution is 2.46. The quantitative estimate of drug-likeness (QED) is 0.604. The van der Waals surface area contributed by atoms with Crippen LogP contribution in [0.3, 0.4) is 0 Å². The van der Waals surface area contributed by atoms with Crippen molar-refractivity contribution in [1.82, 2.24) is 0 Å². The molecule has 6 nitrogen and oxygen atoms in total. The van der Waals surface area contributed by atoms with Gasteiger partial charge in [-0.2, -0.15) is 0 Å². The molecule has 1 fully saturated rings. The van der Waals surface area contributed by atoms with E-state index in [9.17, 15) is 13.9 Å². The molecule has 0 amide bonds. The topological polar surface area (TPSA) is 121 Å². The van der Waals surface area contributed by atoms with Crippen molar-refractivity contribution >= 4 is 11.9 Å². The maximum absolute atomic E-state index is 13.9. The second-order valence-electron chi connectivity index (χ2n) is 7.16. The van der Waals surface area contributed by atoms with E-state index in [0.717, 1.165) is 31.4 Å². The zero-order chi connectivity index (χ0) is 20.1. The van der Waals surface area contributed by atoms with E-state index in [1.54, 1.807) is 0 Å². The van der Waals surface area contributed by atoms with E-state index in [-0.39, 0.29) is 6.42 Å². The van der Waals surface area contributed by atoms with Gasteiger partial charge in [0, 0.05) is 11.0 Å². The molecular weight excluding hydrogens is 348 g/mol. The van der Waals surface area contributed by atoms with Crippen molar-refractivity contribution in [2.24, 2.45) is 11.1 Å². The van der Waals surface area contributed by atoms with Crippen LogP contribution in [-0.2, 0) is 16.0 Å². The fraction of sp³-hybridized carbons (Fsp3) is 0.556. The monoisotopic (exact) mass is 373 g/mol. The van der Waals surface area contributed by atoms with Gasteiger partial charge in [0.05, 0.1) is 6.10 Å². The summed E-state index contributed by atoms with van der Waals surface area (Å²) in [6.45, 7) is 3.72. The zero-order valence-electron chi connectivity index (χ0n) is 14.8. The van der Waals surface area contributed by atoms with Gasteiger partial charge in [0.2, 0.25) is 0 Å². The fourth-order valence-electron chi connectivity index (χ4n) is 3.43. The summed E-state index contributed by atoms with van der Waals surface area (Å²) in [7, 11) is 0. The third-order valence-electron chi connectivity index (χ3n) is 4.97. The molecule has 1 aliphatic carbocycles. The summed E-state index contributed by atoms with van der Waals surface area (Å²) in [5.74, 6) is -4.55. The van der Waals surface area contributed by atoms with Crippen molar-refractivity contribution in [1.29, 1.82) is 0 Å². The molecule has 26 heavy (non-hydrogen) atoms. The Balaban J connectivity index is 0.000000487. The Bertz CT molecular complexity index is 647. The Labute approximate surface area is 150 Å². The van der Waals surface area contributed by atoms with E-state index in [0.29, 0.717) is 12.0 Å². The Kier molecular flexibility index (Phi) is 7.23. The molecule has 0 bridgehead atoms. The first-order valence-electron chi connectivity index (χ1n) is 8.28. The number of aliphatic carboxylic acids is 2. The molecule has 2 rings (SSSR count). The van der Waals surface area contributed by atoms with E-state index >= 15 is 0 Å². The van der Waals surface area contributed by atoms with Gasteiger partial charge in [-0.25, -0.2) is 18.4 Å². The molecule has 8 heteroatoms. The van der Waals surface area contributed by atoms with Crippen LogP contribution in [0, 0.1) is 17.0 Å². The summed E-state index contributed by atoms with van der Waals surface area (Å²) < 4.78 is 27.3. The van der Waals surface area contributed by atoms with E-state index in [1.165, 1.54) is 6.07 Å². The molecule has 0 unspecified atom stereocenters. The van der Waals surface area contributed by atoms with Crippen molar-refractivity contribution in [3.05, 3.63) is 35.4 Å². The molecule has 1 aliphatic rings. The van der Waals surface area contributed by atoms with E-state index in [4.69, 9.17) is 25.5 Å². The minimum absolute atomic E-state index is 0.265. The lowest BCUT2D eigenvalue weighted by Gasteiger charge is -2.50. The molecule has 0 saturated heterocycles. The Morgan fingerprint density at radius 1 is 1.23 bits per heavy atom. The Hall–Kier alpha value is -2.06. The Morgan fingerprint density at radius 3 is 2.27 bits per heavy atom. The molecule has 1 aromatic rings. The third kappa shape index (κ3) is 5.22. The number of rotatable bonds is 3. The smallest absolute Gasteiger partial charge is 0.414 e. The summed E-state index contributed by atoms with van der Waals surface area (Å²) in [5.41, 5.74) is 5.32. The second-order valence-corrected chi connectivity index (χ2v) is 7.16. The van der Waals surface area contributed by atoms with E-state index in [1.807, 2.05) is 13.8 Å². The van der Waals surface area contributed by atoms with Crippen molar-refractivity contribution in [3.63, 3.8) is 0 Å². The number of hydrogen-bond donors (Lipinski definition) is 4. The SMILES string of the molecule is CC(C)(N)[C@]1(Cc2cc(F)ccc2F)CCCC[C@@H]1O.O=C(O)C(=O)O. The lowest BCUT2D eigenvalue weighted by molar-refractivity contribution is -0.159. The number of carboxylic acid groups (broad SMARTS) is 2. The van der Waals surface area contributed by atoms with Gasteiger partial charge in [-0.1, -0.05) is 12.8 Å². The highest BCUT2D eigenvalue weighted by molar-refractivity contribution is 6.27. The van der Waals surface area contributed by atoms with Crippen molar-refractivity contribution in [3.8, 4) is 0 Å². The molecule has 0 heterocycles. The highest BCUT2D eigenvalue weighted by Gasteiger charge is 2.49. The van der Waals surface area contributed by atoms with Gasteiger partial charge in [-0.15, -0.1) is 0 Å². The minimum atomic E-state index is -1.82. The van der Waals surface area contributed by atoms with Gasteiger partial charge in [-0.05, 0) is 56.9 Å². The standard InChI is InChI=1S/C16H23F2NO.C2H2O4/c1-15(2,19)16(8-4-3-5-14(16)20)10-11-9-12(17)6-7-13(11)18;3-1(4)2(5)6/h6-7,9,14,20H,3-5,8,10,19H2,1-2H3;(H,3,4)(H,5,6)/t14-,16-;/m0./s1. The molecule has 0 aromatic heterocycles. The fourth-order valence-corrected chi connectivity index (χ4v) is 3.43. The molecule has 1 saturated carbocycles. The molecule has 0 spiro atoms. The predicted molar refractivity (Wildman–Crippen MR) is 90.5 cm³/mol. The number of benzene rings is 1. The summed E-state index contributed by atoms with van der Waals surface area (Å²) in [4.78, 5) is 18.2. The zero-order valence-corrected chi connectivity index (χ0v) is 14.8. The minimum Gasteiger partial charge on any atom is -0.473 e. The summed E-state index contributed by atoms with van der Waals surface area (Å²) in [6.07, 6.45) is 2.98. The van der Waals surface area contributed by atoms with Crippen molar-refractivity contribution in [2.75, 3.05) is 0 Å². The number of nitrogens with two attached hydrogens (primary N) is 1. The van der Waals surface area contributed by atoms with Crippen LogP contribution in [0.1, 0.15) is 45.1 Å². The predicted octanol–water partition coefficient (Wildman–Crippen LogP) is 2.32. The van der Waals surface area contributed by atoms with Gasteiger partial charge >= 0.3 is 11.9 Å². The normalized spacial score (nSPS) is 22.9. The summed E-state index contributed by atoms with van der Waals surface area (Å²) in [5, 5.41) is 25.3. The maximum atomic E-state index is 13.9. The third-order valence-corrected chi connectivity index (χ3v) is 4.97. The number of halogens is 2. The number of aliphatic hydroxyl groups is 1. The highest BCUT2D eigenvalue weighted by atomic mass is 19.1. The van der Waals surface area contributed by atoms with Gasteiger partial charge in [-0.3, -0.25) is 0 Å². The van der Waals surface area contributed by atoms with Crippen LogP contribution >= 0.6 is 0 Å². The molecule has 5 N–H and O–H groups in total. The maximum Gasteiger partial charge on any atom is 0.414 e. The first-order chi connectivity index (χ1) is 11.9. The second kappa shape index (κ2) is 8.55. The summed E-state index contributed by atoms with van der Waals surface area (Å²) in [6, 6.07) is 3.46. The van der Waals surface area contributed by atoms with Crippen LogP contribution in [0.15, 0.2) is 18.2 Å². The molecular formula is C18H25F2NO5. The largest absolute Gasteiger partial charge is 0.473 e. The number of carboxylic acids is 2. The number of carbonyl (C=O) groups is 2. The molecule has 2 atom stereocenters. The molecule has 1 aromatic carbocycles. The van der Waals surface area contributed by atoms with Crippen LogP contribution in [0.5, 0.6) is 0 Å². The van der Waals surface area contributed by atoms with Crippen LogP contribution in [0.25, 0.3) is 0 Å². The van der Waals surface area contributed by atoms with E-state index in [2.05, 4.69) is 0 Å². The van der Waals surface area contributed by atoms with E-state index < -0.39 is 40.6 Å². The average Bonchev–Trinajstić information content (AvgIpc) is 2.52. The lowest BCUT2D eigenvalue weighted by Crippen LogP contribution is -2.59. The molecule has 0 radical (unpaired) electrons. The first kappa shape index (κ1) is 22.0. The van der Waals surface area contributed by atoms with Crippen LogP contribution in [0.2, 0.25) is 0 Å². The van der Waals surface area contributed by atoms with Crippen LogP contribution < -0.4 is 5.73 Å². The van der Waals surface area contributed by atoms with Crippen molar-refractivity contribution in [2.45, 2.75) is 57.6 Å². The summed E-state index contributed by atoms with van der Waals surface area (Å²) >= 11 is 0. The first-order valence-corrected chi connectivity index (χ1v) is 8.28. The van der Waals surface area contributed by atoms with Crippen LogP contribution in [0.4, 0.5) is 8.78 Å². The van der Waals surface area contributed by atoms with Crippen molar-refractivity contribution < 1.29 is 33.7 Å². The van der Waals surface area contributed by atoms with Crippen LogP contribution in [-0.4, -0.2) is 38.9 Å². The van der Waals surface area contributed by atoms with Gasteiger partial charge in [0.15, 0.2) is 0 Å². The molecule has 146 valence electrons. The lowest BCUT2D eigenvalue weighted by atomic mass is 9.59. The van der Waals surface area contributed by atoms with Gasteiger partial charge < -0.3 is 21.1 Å². The number of aliphatic hydroxyl groups excluding tert-OH is 1.